The minimum absolute atomic E-state index is 0.0193. The molecule has 0 aliphatic heterocycles. The maximum Gasteiger partial charge on any atom is 0.303 e. The van der Waals surface area contributed by atoms with E-state index in [4.69, 9.17) is 5.11 Å². The van der Waals surface area contributed by atoms with Gasteiger partial charge >= 0.3 is 5.97 Å². The van der Waals surface area contributed by atoms with Gasteiger partial charge in [-0.3, -0.25) is 9.59 Å². The number of carbonyl (C=O) groups excluding carboxylic acids is 1. The van der Waals surface area contributed by atoms with Gasteiger partial charge in [0, 0.05) is 6.42 Å². The zero-order valence-corrected chi connectivity index (χ0v) is 10.1. The molecule has 1 rings (SSSR count). The lowest BCUT2D eigenvalue weighted by atomic mass is 10.1. The summed E-state index contributed by atoms with van der Waals surface area (Å²) in [5, 5.41) is 11.2. The second-order valence-corrected chi connectivity index (χ2v) is 4.10. The van der Waals surface area contributed by atoms with E-state index in [1.165, 1.54) is 0 Å². The monoisotopic (exact) mass is 235 g/mol. The van der Waals surface area contributed by atoms with Crippen molar-refractivity contribution in [1.29, 1.82) is 0 Å². The van der Waals surface area contributed by atoms with Gasteiger partial charge in [0.2, 0.25) is 5.91 Å². The van der Waals surface area contributed by atoms with E-state index in [2.05, 4.69) is 5.32 Å². The van der Waals surface area contributed by atoms with Crippen molar-refractivity contribution in [1.82, 2.24) is 5.32 Å². The van der Waals surface area contributed by atoms with Crippen LogP contribution in [0, 0.1) is 6.92 Å². The maximum absolute atomic E-state index is 11.4. The number of carbonyl (C=O) groups is 2. The Morgan fingerprint density at radius 1 is 1.35 bits per heavy atom. The van der Waals surface area contributed by atoms with Gasteiger partial charge in [0.1, 0.15) is 0 Å². The molecule has 0 saturated heterocycles. The minimum Gasteiger partial charge on any atom is -0.481 e. The first kappa shape index (κ1) is 13.2. The standard InChI is InChI=1S/C13H17NO3/c1-9-4-3-5-11(8-9)10(2)14-12(15)6-7-13(16)17/h3-5,8,10H,6-7H2,1-2H3,(H,14,15)(H,16,17)/t10-/m0/s1. The second kappa shape index (κ2) is 6.03. The van der Waals surface area contributed by atoms with E-state index in [1.54, 1.807) is 0 Å². The van der Waals surface area contributed by atoms with Crippen LogP contribution in [0.1, 0.15) is 36.9 Å². The van der Waals surface area contributed by atoms with Crippen LogP contribution in [0.3, 0.4) is 0 Å². The highest BCUT2D eigenvalue weighted by atomic mass is 16.4. The summed E-state index contributed by atoms with van der Waals surface area (Å²) in [5.41, 5.74) is 2.16. The number of amides is 1. The van der Waals surface area contributed by atoms with Crippen LogP contribution in [-0.2, 0) is 9.59 Å². The molecule has 0 fully saturated rings. The SMILES string of the molecule is Cc1cccc([C@H](C)NC(=O)CCC(=O)O)c1. The van der Waals surface area contributed by atoms with E-state index in [1.807, 2.05) is 38.1 Å². The topological polar surface area (TPSA) is 66.4 Å². The fourth-order valence-electron chi connectivity index (χ4n) is 1.56. The number of rotatable bonds is 5. The van der Waals surface area contributed by atoms with Gasteiger partial charge in [-0.15, -0.1) is 0 Å². The van der Waals surface area contributed by atoms with Gasteiger partial charge in [-0.2, -0.15) is 0 Å². The van der Waals surface area contributed by atoms with Crippen molar-refractivity contribution in [3.05, 3.63) is 35.4 Å². The van der Waals surface area contributed by atoms with Crippen molar-refractivity contribution in [2.24, 2.45) is 0 Å². The smallest absolute Gasteiger partial charge is 0.303 e. The lowest BCUT2D eigenvalue weighted by molar-refractivity contribution is -0.138. The predicted molar refractivity (Wildman–Crippen MR) is 64.6 cm³/mol. The molecule has 0 heterocycles. The van der Waals surface area contributed by atoms with E-state index >= 15 is 0 Å². The van der Waals surface area contributed by atoms with Crippen molar-refractivity contribution in [3.8, 4) is 0 Å². The van der Waals surface area contributed by atoms with E-state index in [-0.39, 0.29) is 24.8 Å². The summed E-state index contributed by atoms with van der Waals surface area (Å²) in [5.74, 6) is -1.19. The molecule has 1 aromatic carbocycles. The summed E-state index contributed by atoms with van der Waals surface area (Å²) < 4.78 is 0. The normalized spacial score (nSPS) is 11.9. The Bertz CT molecular complexity index is 415. The van der Waals surface area contributed by atoms with Crippen molar-refractivity contribution in [3.63, 3.8) is 0 Å². The fourth-order valence-corrected chi connectivity index (χ4v) is 1.56. The number of carboxylic acid groups (broad SMARTS) is 1. The van der Waals surface area contributed by atoms with E-state index < -0.39 is 5.97 Å². The maximum atomic E-state index is 11.4. The Balaban J connectivity index is 2.51. The molecule has 0 aliphatic carbocycles. The molecule has 17 heavy (non-hydrogen) atoms. The predicted octanol–water partition coefficient (Wildman–Crippen LogP) is 2.04. The zero-order valence-electron chi connectivity index (χ0n) is 10.1. The van der Waals surface area contributed by atoms with E-state index in [0.29, 0.717) is 0 Å². The molecule has 1 aromatic rings. The molecule has 2 N–H and O–H groups in total. The summed E-state index contributed by atoms with van der Waals surface area (Å²) in [7, 11) is 0. The molecule has 0 aliphatic rings. The van der Waals surface area contributed by atoms with Gasteiger partial charge in [0.25, 0.3) is 0 Å². The van der Waals surface area contributed by atoms with Crippen molar-refractivity contribution < 1.29 is 14.7 Å². The van der Waals surface area contributed by atoms with E-state index in [0.717, 1.165) is 11.1 Å². The van der Waals surface area contributed by atoms with Gasteiger partial charge < -0.3 is 10.4 Å². The number of nitrogens with one attached hydrogen (secondary N) is 1. The third kappa shape index (κ3) is 4.68. The first-order valence-corrected chi connectivity index (χ1v) is 5.57. The molecule has 4 nitrogen and oxygen atoms in total. The van der Waals surface area contributed by atoms with Crippen LogP contribution < -0.4 is 5.32 Å². The van der Waals surface area contributed by atoms with Gasteiger partial charge in [0.05, 0.1) is 12.5 Å². The molecule has 92 valence electrons. The highest BCUT2D eigenvalue weighted by molar-refractivity contribution is 5.80. The number of carboxylic acids is 1. The van der Waals surface area contributed by atoms with Crippen LogP contribution in [-0.4, -0.2) is 17.0 Å². The first-order valence-electron chi connectivity index (χ1n) is 5.57. The number of hydrogen-bond acceptors (Lipinski definition) is 2. The third-order valence-electron chi connectivity index (χ3n) is 2.49. The molecular formula is C13H17NO3. The Morgan fingerprint density at radius 2 is 2.06 bits per heavy atom. The van der Waals surface area contributed by atoms with Crippen molar-refractivity contribution in [2.45, 2.75) is 32.7 Å². The molecule has 1 amide bonds. The van der Waals surface area contributed by atoms with Gasteiger partial charge in [-0.1, -0.05) is 29.8 Å². The Morgan fingerprint density at radius 3 is 2.65 bits per heavy atom. The number of aryl methyl sites for hydroxylation is 1. The molecule has 0 saturated carbocycles. The van der Waals surface area contributed by atoms with Gasteiger partial charge in [0.15, 0.2) is 0 Å². The highest BCUT2D eigenvalue weighted by Gasteiger charge is 2.10. The van der Waals surface area contributed by atoms with Gasteiger partial charge in [-0.05, 0) is 19.4 Å². The summed E-state index contributed by atoms with van der Waals surface area (Å²) in [6, 6.07) is 7.76. The fraction of sp³-hybridized carbons (Fsp3) is 0.385. The van der Waals surface area contributed by atoms with Crippen LogP contribution >= 0.6 is 0 Å². The van der Waals surface area contributed by atoms with Gasteiger partial charge in [-0.25, -0.2) is 0 Å². The third-order valence-corrected chi connectivity index (χ3v) is 2.49. The van der Waals surface area contributed by atoms with Crippen LogP contribution in [0.25, 0.3) is 0 Å². The van der Waals surface area contributed by atoms with E-state index in [9.17, 15) is 9.59 Å². The van der Waals surface area contributed by atoms with Crippen LogP contribution in [0.5, 0.6) is 0 Å². The summed E-state index contributed by atoms with van der Waals surface area (Å²) in [4.78, 5) is 21.8. The molecule has 0 unspecified atom stereocenters. The summed E-state index contributed by atoms with van der Waals surface area (Å²) in [6.07, 6.45) is -0.113. The number of benzene rings is 1. The molecule has 0 spiro atoms. The highest BCUT2D eigenvalue weighted by Crippen LogP contribution is 2.13. The molecule has 0 bridgehead atoms. The zero-order chi connectivity index (χ0) is 12.8. The molecule has 0 aromatic heterocycles. The second-order valence-electron chi connectivity index (χ2n) is 4.10. The lowest BCUT2D eigenvalue weighted by Gasteiger charge is -2.14. The van der Waals surface area contributed by atoms with Crippen LogP contribution in [0.15, 0.2) is 24.3 Å². The largest absolute Gasteiger partial charge is 0.481 e. The Kier molecular flexibility index (Phi) is 4.69. The van der Waals surface area contributed by atoms with Crippen molar-refractivity contribution in [2.75, 3.05) is 0 Å². The quantitative estimate of drug-likeness (QED) is 0.820. The number of hydrogen-bond donors (Lipinski definition) is 2. The average molecular weight is 235 g/mol. The summed E-state index contributed by atoms with van der Waals surface area (Å²) >= 11 is 0. The molecular weight excluding hydrogens is 218 g/mol. The summed E-state index contributed by atoms with van der Waals surface area (Å²) in [6.45, 7) is 3.87. The van der Waals surface area contributed by atoms with Crippen LogP contribution in [0.2, 0.25) is 0 Å². The average Bonchev–Trinajstić information content (AvgIpc) is 2.26. The van der Waals surface area contributed by atoms with Crippen LogP contribution in [0.4, 0.5) is 0 Å². The first-order chi connectivity index (χ1) is 7.99. The Labute approximate surface area is 101 Å². The molecule has 1 atom stereocenters. The number of aliphatic carboxylic acids is 1. The lowest BCUT2D eigenvalue weighted by Crippen LogP contribution is -2.26. The minimum atomic E-state index is -0.955. The molecule has 4 heteroatoms. The molecule has 0 radical (unpaired) electrons. The Hall–Kier alpha value is -1.84. The van der Waals surface area contributed by atoms with Crippen molar-refractivity contribution >= 4 is 11.9 Å².